The van der Waals surface area contributed by atoms with Gasteiger partial charge in [0.1, 0.15) is 23.4 Å². The van der Waals surface area contributed by atoms with Crippen molar-refractivity contribution >= 4 is 17.4 Å². The maximum absolute atomic E-state index is 13.4. The zero-order valence-corrected chi connectivity index (χ0v) is 21.7. The number of carbonyl (C=O) groups excluding carboxylic acids is 2. The molecule has 7 nitrogen and oxygen atoms in total. The number of hydrogen-bond donors (Lipinski definition) is 1. The second-order valence-electron chi connectivity index (χ2n) is 9.87. The number of hydrogen-bond acceptors (Lipinski definition) is 6. The summed E-state index contributed by atoms with van der Waals surface area (Å²) in [4.78, 5) is 32.5. The first-order valence-corrected chi connectivity index (χ1v) is 13.2. The van der Waals surface area contributed by atoms with Gasteiger partial charge in [-0.3, -0.25) is 14.6 Å². The summed E-state index contributed by atoms with van der Waals surface area (Å²) in [5, 5.41) is 11.5. The molecule has 1 saturated heterocycles. The molecular weight excluding hydrogens is 480 g/mol. The van der Waals surface area contributed by atoms with E-state index in [1.165, 1.54) is 4.90 Å². The molecule has 3 heterocycles. The fraction of sp³-hybridized carbons (Fsp3) is 0.323. The molecule has 2 aromatic carbocycles. The number of ketones is 1. The van der Waals surface area contributed by atoms with Crippen LogP contribution in [0.1, 0.15) is 61.4 Å². The van der Waals surface area contributed by atoms with Crippen LogP contribution < -0.4 is 9.47 Å². The zero-order valence-electron chi connectivity index (χ0n) is 21.7. The van der Waals surface area contributed by atoms with Crippen molar-refractivity contribution in [2.75, 3.05) is 6.61 Å². The second-order valence-corrected chi connectivity index (χ2v) is 9.87. The maximum atomic E-state index is 13.4. The van der Waals surface area contributed by atoms with Gasteiger partial charge in [0.25, 0.3) is 11.7 Å². The van der Waals surface area contributed by atoms with Crippen molar-refractivity contribution < 1.29 is 24.2 Å². The molecule has 1 fully saturated rings. The van der Waals surface area contributed by atoms with Gasteiger partial charge in [0.05, 0.1) is 18.2 Å². The summed E-state index contributed by atoms with van der Waals surface area (Å²) in [6.45, 7) is 4.89. The Bertz CT molecular complexity index is 1370. The van der Waals surface area contributed by atoms with Crippen molar-refractivity contribution in [1.82, 2.24) is 9.88 Å². The van der Waals surface area contributed by atoms with Gasteiger partial charge in [0.15, 0.2) is 0 Å². The molecule has 7 heteroatoms. The third kappa shape index (κ3) is 5.14. The number of benzene rings is 2. The Morgan fingerprint density at radius 1 is 1.13 bits per heavy atom. The quantitative estimate of drug-likeness (QED) is 0.174. The van der Waals surface area contributed by atoms with E-state index in [4.69, 9.17) is 9.47 Å². The van der Waals surface area contributed by atoms with Gasteiger partial charge in [-0.25, -0.2) is 0 Å². The van der Waals surface area contributed by atoms with Gasteiger partial charge in [0, 0.05) is 30.9 Å². The molecule has 196 valence electrons. The van der Waals surface area contributed by atoms with Crippen LogP contribution in [0.15, 0.2) is 72.6 Å². The zero-order chi connectivity index (χ0) is 26.6. The summed E-state index contributed by atoms with van der Waals surface area (Å²) < 4.78 is 11.8. The lowest BCUT2D eigenvalue weighted by Gasteiger charge is -2.25. The van der Waals surface area contributed by atoms with Crippen LogP contribution in [0.5, 0.6) is 11.5 Å². The number of likely N-dealkylation sites (tertiary alicyclic amines) is 1. The maximum Gasteiger partial charge on any atom is 0.295 e. The van der Waals surface area contributed by atoms with E-state index in [-0.39, 0.29) is 24.0 Å². The molecule has 0 aliphatic carbocycles. The number of fused-ring (bicyclic) bond motifs is 1. The number of Topliss-reactive ketones (excluding diaryl/α,β-unsaturated/α-hetero) is 1. The lowest BCUT2D eigenvalue weighted by Crippen LogP contribution is -2.29. The predicted molar refractivity (Wildman–Crippen MR) is 144 cm³/mol. The summed E-state index contributed by atoms with van der Waals surface area (Å²) >= 11 is 0. The highest BCUT2D eigenvalue weighted by Crippen LogP contribution is 2.42. The van der Waals surface area contributed by atoms with E-state index in [2.05, 4.69) is 11.9 Å². The molecule has 0 saturated carbocycles. The molecule has 1 amide bonds. The number of amides is 1. The first kappa shape index (κ1) is 25.5. The minimum Gasteiger partial charge on any atom is -0.507 e. The molecule has 38 heavy (non-hydrogen) atoms. The number of nitrogens with zero attached hydrogens (tertiary/aromatic N) is 2. The molecule has 2 aliphatic heterocycles. The number of aromatic nitrogens is 1. The topological polar surface area (TPSA) is 89.0 Å². The van der Waals surface area contributed by atoms with E-state index in [0.717, 1.165) is 36.1 Å². The van der Waals surface area contributed by atoms with Crippen molar-refractivity contribution in [2.45, 2.75) is 58.2 Å². The van der Waals surface area contributed by atoms with Crippen molar-refractivity contribution in [3.05, 3.63) is 94.8 Å². The number of ether oxygens (including phenoxy) is 2. The van der Waals surface area contributed by atoms with Crippen LogP contribution in [0.4, 0.5) is 0 Å². The van der Waals surface area contributed by atoms with Crippen LogP contribution in [-0.2, 0) is 22.6 Å². The van der Waals surface area contributed by atoms with Gasteiger partial charge < -0.3 is 19.5 Å². The number of aliphatic hydroxyl groups excluding tert-OH is 1. The number of pyridine rings is 1. The average Bonchev–Trinajstić information content (AvgIpc) is 3.42. The summed E-state index contributed by atoms with van der Waals surface area (Å²) in [6, 6.07) is 15.7. The highest BCUT2D eigenvalue weighted by molar-refractivity contribution is 6.46. The van der Waals surface area contributed by atoms with Gasteiger partial charge in [-0.2, -0.15) is 0 Å². The predicted octanol–water partition coefficient (Wildman–Crippen LogP) is 5.60. The van der Waals surface area contributed by atoms with Gasteiger partial charge in [-0.1, -0.05) is 38.0 Å². The van der Waals surface area contributed by atoms with Gasteiger partial charge in [0.2, 0.25) is 0 Å². The molecule has 0 radical (unpaired) electrons. The summed E-state index contributed by atoms with van der Waals surface area (Å²) in [6.07, 6.45) is 7.22. The molecule has 0 bridgehead atoms. The van der Waals surface area contributed by atoms with Crippen LogP contribution in [0.2, 0.25) is 0 Å². The number of aliphatic hydroxyl groups is 1. The van der Waals surface area contributed by atoms with Gasteiger partial charge >= 0.3 is 0 Å². The summed E-state index contributed by atoms with van der Waals surface area (Å²) in [5.41, 5.74) is 2.99. The number of unbranched alkanes of at least 4 members (excludes halogenated alkanes) is 2. The van der Waals surface area contributed by atoms with Crippen molar-refractivity contribution in [2.24, 2.45) is 0 Å². The summed E-state index contributed by atoms with van der Waals surface area (Å²) in [7, 11) is 0. The first-order valence-electron chi connectivity index (χ1n) is 13.2. The van der Waals surface area contributed by atoms with Gasteiger partial charge in [-0.05, 0) is 66.4 Å². The Balaban J connectivity index is 1.56. The molecule has 0 spiro atoms. The Kier molecular flexibility index (Phi) is 7.45. The van der Waals surface area contributed by atoms with Crippen LogP contribution in [-0.4, -0.2) is 39.4 Å². The lowest BCUT2D eigenvalue weighted by atomic mass is 9.94. The van der Waals surface area contributed by atoms with Gasteiger partial charge in [-0.15, -0.1) is 0 Å². The number of carbonyl (C=O) groups is 2. The van der Waals surface area contributed by atoms with Crippen LogP contribution in [0.25, 0.3) is 5.76 Å². The minimum absolute atomic E-state index is 0.0486. The standard InChI is InChI=1S/C31H32N2O5/c1-3-4-5-14-37-25-10-6-9-22(17-25)28-27(29(34)23-11-12-26-24(16-23)15-20(2)38-26)30(35)31(36)33(28)19-21-8-7-13-32-18-21/h6-13,16-18,20,28,34H,3-5,14-15,19H2,1-2H3/t20-,28+/m0/s1. The molecule has 2 aliphatic rings. The monoisotopic (exact) mass is 512 g/mol. The Morgan fingerprint density at radius 3 is 2.79 bits per heavy atom. The van der Waals surface area contributed by atoms with Crippen LogP contribution in [0.3, 0.4) is 0 Å². The largest absolute Gasteiger partial charge is 0.507 e. The van der Waals surface area contributed by atoms with E-state index in [1.54, 1.807) is 30.6 Å². The fourth-order valence-corrected chi connectivity index (χ4v) is 5.12. The smallest absolute Gasteiger partial charge is 0.295 e. The molecule has 3 aromatic rings. The molecule has 2 atom stereocenters. The molecule has 1 N–H and O–H groups in total. The third-order valence-electron chi connectivity index (χ3n) is 6.98. The minimum atomic E-state index is -0.780. The van der Waals surface area contributed by atoms with E-state index < -0.39 is 17.7 Å². The Hall–Kier alpha value is -4.13. The van der Waals surface area contributed by atoms with Crippen LogP contribution in [0, 0.1) is 0 Å². The lowest BCUT2D eigenvalue weighted by molar-refractivity contribution is -0.140. The molecule has 1 aromatic heterocycles. The number of rotatable bonds is 9. The first-order chi connectivity index (χ1) is 18.5. The SMILES string of the molecule is CCCCCOc1cccc([C@@H]2C(=C(O)c3ccc4c(c3)C[C@H](C)O4)C(=O)C(=O)N2Cc2cccnc2)c1. The average molecular weight is 513 g/mol. The van der Waals surface area contributed by atoms with Crippen molar-refractivity contribution in [3.63, 3.8) is 0 Å². The van der Waals surface area contributed by atoms with E-state index in [1.807, 2.05) is 43.3 Å². The highest BCUT2D eigenvalue weighted by atomic mass is 16.5. The third-order valence-corrected chi connectivity index (χ3v) is 6.98. The van der Waals surface area contributed by atoms with Crippen molar-refractivity contribution in [3.8, 4) is 11.5 Å². The summed E-state index contributed by atoms with van der Waals surface area (Å²) in [5.74, 6) is -0.132. The second kappa shape index (κ2) is 11.1. The van der Waals surface area contributed by atoms with E-state index >= 15 is 0 Å². The molecule has 5 rings (SSSR count). The Morgan fingerprint density at radius 2 is 2.00 bits per heavy atom. The van der Waals surface area contributed by atoms with Crippen LogP contribution >= 0.6 is 0 Å². The highest BCUT2D eigenvalue weighted by Gasteiger charge is 2.46. The van der Waals surface area contributed by atoms with E-state index in [9.17, 15) is 14.7 Å². The normalized spacial score (nSPS) is 19.9. The Labute approximate surface area is 222 Å². The fourth-order valence-electron chi connectivity index (χ4n) is 5.12. The molecular formula is C31H32N2O5. The van der Waals surface area contributed by atoms with E-state index in [0.29, 0.717) is 29.9 Å². The molecule has 0 unspecified atom stereocenters. The van der Waals surface area contributed by atoms with Crippen molar-refractivity contribution in [1.29, 1.82) is 0 Å².